The Morgan fingerprint density at radius 2 is 2.00 bits per heavy atom. The largest absolute Gasteiger partial charge is 0.272 e. The minimum absolute atomic E-state index is 0.108. The Morgan fingerprint density at radius 3 is 2.53 bits per heavy atom. The number of nitrogens with zero attached hydrogens (tertiary/aromatic N) is 2. The van der Waals surface area contributed by atoms with Crippen LogP contribution in [0.3, 0.4) is 0 Å². The molecule has 0 saturated heterocycles. The molecule has 1 aliphatic carbocycles. The van der Waals surface area contributed by atoms with Crippen LogP contribution in [0, 0.1) is 19.8 Å². The van der Waals surface area contributed by atoms with Gasteiger partial charge in [-0.15, -0.1) is 0 Å². The maximum Gasteiger partial charge on any atom is 0.250 e. The van der Waals surface area contributed by atoms with Crippen molar-refractivity contribution in [1.82, 2.24) is 9.78 Å². The summed E-state index contributed by atoms with van der Waals surface area (Å²) in [6, 6.07) is 1.95. The molecule has 0 radical (unpaired) electrons. The fourth-order valence-corrected chi connectivity index (χ4v) is 2.49. The molecule has 1 aliphatic rings. The van der Waals surface area contributed by atoms with Gasteiger partial charge in [0.15, 0.2) is 0 Å². The van der Waals surface area contributed by atoms with Crippen LogP contribution in [0.2, 0.25) is 0 Å². The number of aromatic nitrogens is 2. The lowest BCUT2D eigenvalue weighted by molar-refractivity contribution is 0.0802. The van der Waals surface area contributed by atoms with Gasteiger partial charge in [-0.3, -0.25) is 4.79 Å². The van der Waals surface area contributed by atoms with E-state index in [0.29, 0.717) is 0 Å². The maximum atomic E-state index is 12.4. The number of rotatable bonds is 1. The highest BCUT2D eigenvalue weighted by atomic mass is 16.2. The average Bonchev–Trinajstić information content (AvgIpc) is 2.61. The molecule has 3 nitrogen and oxygen atoms in total. The van der Waals surface area contributed by atoms with Crippen LogP contribution >= 0.6 is 0 Å². The van der Waals surface area contributed by atoms with Gasteiger partial charge in [-0.1, -0.05) is 11.1 Å². The zero-order valence-electron chi connectivity index (χ0n) is 11.1. The van der Waals surface area contributed by atoms with E-state index >= 15 is 0 Å². The fraction of sp³-hybridized carbons (Fsp3) is 0.571. The molecule has 0 bridgehead atoms. The van der Waals surface area contributed by atoms with Crippen molar-refractivity contribution in [1.29, 1.82) is 0 Å². The van der Waals surface area contributed by atoms with Gasteiger partial charge in [-0.05, 0) is 53.0 Å². The number of hydrogen-bond acceptors (Lipinski definition) is 2. The SMILES string of the molecule is CC1=C(C)C[C@H](C(=O)n2nc(C)cc2C)CC1. The molecule has 3 heteroatoms. The minimum atomic E-state index is 0.108. The summed E-state index contributed by atoms with van der Waals surface area (Å²) < 4.78 is 1.58. The highest BCUT2D eigenvalue weighted by Gasteiger charge is 2.25. The number of aryl methyl sites for hydroxylation is 2. The summed E-state index contributed by atoms with van der Waals surface area (Å²) in [7, 11) is 0. The third-order valence-corrected chi connectivity index (χ3v) is 3.72. The van der Waals surface area contributed by atoms with E-state index in [1.807, 2.05) is 19.9 Å². The lowest BCUT2D eigenvalue weighted by atomic mass is 9.84. The second kappa shape index (κ2) is 4.47. The predicted octanol–water partition coefficient (Wildman–Crippen LogP) is 3.28. The van der Waals surface area contributed by atoms with Crippen molar-refractivity contribution in [2.45, 2.75) is 47.0 Å². The molecular weight excluding hydrogens is 212 g/mol. The van der Waals surface area contributed by atoms with E-state index in [0.717, 1.165) is 30.7 Å². The molecule has 1 aromatic heterocycles. The van der Waals surface area contributed by atoms with Gasteiger partial charge in [0.05, 0.1) is 5.69 Å². The second-order valence-electron chi connectivity index (χ2n) is 5.18. The van der Waals surface area contributed by atoms with Crippen molar-refractivity contribution in [2.24, 2.45) is 5.92 Å². The smallest absolute Gasteiger partial charge is 0.250 e. The molecule has 2 rings (SSSR count). The van der Waals surface area contributed by atoms with Gasteiger partial charge in [0.25, 0.3) is 5.91 Å². The van der Waals surface area contributed by atoms with Crippen LogP contribution in [-0.4, -0.2) is 15.7 Å². The number of allylic oxidation sites excluding steroid dienone is 2. The van der Waals surface area contributed by atoms with Gasteiger partial charge < -0.3 is 0 Å². The zero-order chi connectivity index (χ0) is 12.6. The molecule has 0 fully saturated rings. The number of carbonyl (C=O) groups is 1. The lowest BCUT2D eigenvalue weighted by Crippen LogP contribution is -2.26. The number of hydrogen-bond donors (Lipinski definition) is 0. The monoisotopic (exact) mass is 232 g/mol. The van der Waals surface area contributed by atoms with Gasteiger partial charge in [-0.25, -0.2) is 4.68 Å². The summed E-state index contributed by atoms with van der Waals surface area (Å²) in [5.41, 5.74) is 4.67. The van der Waals surface area contributed by atoms with E-state index in [2.05, 4.69) is 18.9 Å². The van der Waals surface area contributed by atoms with Crippen molar-refractivity contribution in [3.05, 3.63) is 28.6 Å². The van der Waals surface area contributed by atoms with Crippen LogP contribution in [-0.2, 0) is 0 Å². The molecule has 0 amide bonds. The summed E-state index contributed by atoms with van der Waals surface area (Å²) >= 11 is 0. The summed E-state index contributed by atoms with van der Waals surface area (Å²) in [5.74, 6) is 0.263. The Kier molecular flexibility index (Phi) is 3.18. The summed E-state index contributed by atoms with van der Waals surface area (Å²) in [5, 5.41) is 4.28. The highest BCUT2D eigenvalue weighted by molar-refractivity contribution is 5.81. The van der Waals surface area contributed by atoms with E-state index in [1.54, 1.807) is 4.68 Å². The first-order valence-corrected chi connectivity index (χ1v) is 6.21. The van der Waals surface area contributed by atoms with E-state index in [-0.39, 0.29) is 11.8 Å². The van der Waals surface area contributed by atoms with Gasteiger partial charge in [0, 0.05) is 11.6 Å². The first-order valence-electron chi connectivity index (χ1n) is 6.21. The second-order valence-corrected chi connectivity index (χ2v) is 5.18. The van der Waals surface area contributed by atoms with Crippen molar-refractivity contribution in [2.75, 3.05) is 0 Å². The molecule has 0 aromatic carbocycles. The molecule has 0 N–H and O–H groups in total. The van der Waals surface area contributed by atoms with Crippen LogP contribution in [0.1, 0.15) is 49.3 Å². The Morgan fingerprint density at radius 1 is 1.29 bits per heavy atom. The van der Waals surface area contributed by atoms with Crippen molar-refractivity contribution in [3.8, 4) is 0 Å². The lowest BCUT2D eigenvalue weighted by Gasteiger charge is -2.23. The third kappa shape index (κ3) is 2.33. The Labute approximate surface area is 103 Å². The average molecular weight is 232 g/mol. The first-order chi connectivity index (χ1) is 7.99. The molecule has 1 aromatic rings. The van der Waals surface area contributed by atoms with Crippen molar-refractivity contribution < 1.29 is 4.79 Å². The quantitative estimate of drug-likeness (QED) is 0.696. The molecular formula is C14H20N2O. The molecule has 0 spiro atoms. The Hall–Kier alpha value is -1.38. The van der Waals surface area contributed by atoms with Gasteiger partial charge in [0.1, 0.15) is 0 Å². The molecule has 0 saturated carbocycles. The zero-order valence-corrected chi connectivity index (χ0v) is 11.1. The fourth-order valence-electron chi connectivity index (χ4n) is 2.49. The molecule has 17 heavy (non-hydrogen) atoms. The minimum Gasteiger partial charge on any atom is -0.272 e. The van der Waals surface area contributed by atoms with Gasteiger partial charge >= 0.3 is 0 Å². The van der Waals surface area contributed by atoms with Crippen molar-refractivity contribution >= 4 is 5.91 Å². The van der Waals surface area contributed by atoms with Crippen LogP contribution in [0.4, 0.5) is 0 Å². The van der Waals surface area contributed by atoms with E-state index in [1.165, 1.54) is 11.1 Å². The predicted molar refractivity (Wildman–Crippen MR) is 68.0 cm³/mol. The molecule has 1 atom stereocenters. The molecule has 0 aliphatic heterocycles. The van der Waals surface area contributed by atoms with E-state index in [4.69, 9.17) is 0 Å². The molecule has 92 valence electrons. The van der Waals surface area contributed by atoms with Crippen LogP contribution in [0.5, 0.6) is 0 Å². The molecule has 1 heterocycles. The van der Waals surface area contributed by atoms with E-state index in [9.17, 15) is 4.79 Å². The van der Waals surface area contributed by atoms with Crippen LogP contribution in [0.15, 0.2) is 17.2 Å². The third-order valence-electron chi connectivity index (χ3n) is 3.72. The Bertz CT molecular complexity index is 482. The summed E-state index contributed by atoms with van der Waals surface area (Å²) in [6.07, 6.45) is 2.89. The Balaban J connectivity index is 2.20. The summed E-state index contributed by atoms with van der Waals surface area (Å²) in [4.78, 5) is 12.4. The van der Waals surface area contributed by atoms with Crippen LogP contribution < -0.4 is 0 Å². The van der Waals surface area contributed by atoms with Crippen LogP contribution in [0.25, 0.3) is 0 Å². The molecule has 0 unspecified atom stereocenters. The maximum absolute atomic E-state index is 12.4. The highest BCUT2D eigenvalue weighted by Crippen LogP contribution is 2.30. The van der Waals surface area contributed by atoms with Gasteiger partial charge in [-0.2, -0.15) is 5.10 Å². The standard InChI is InChI=1S/C14H20N2O/c1-9-5-6-13(7-10(9)2)14(17)16-12(4)8-11(3)15-16/h8,13H,5-7H2,1-4H3/t13-/m1/s1. The van der Waals surface area contributed by atoms with E-state index < -0.39 is 0 Å². The number of carbonyl (C=O) groups excluding carboxylic acids is 1. The first kappa shape index (κ1) is 12.1. The normalized spacial score (nSPS) is 20.8. The topological polar surface area (TPSA) is 34.9 Å². The van der Waals surface area contributed by atoms with Gasteiger partial charge in [0.2, 0.25) is 0 Å². The van der Waals surface area contributed by atoms with Crippen molar-refractivity contribution in [3.63, 3.8) is 0 Å². The summed E-state index contributed by atoms with van der Waals surface area (Å²) in [6.45, 7) is 8.16.